The predicted octanol–water partition coefficient (Wildman–Crippen LogP) is 4.36. The fourth-order valence-corrected chi connectivity index (χ4v) is 2.86. The third kappa shape index (κ3) is 2.40. The zero-order chi connectivity index (χ0) is 16.5. The van der Waals surface area contributed by atoms with E-state index in [0.29, 0.717) is 5.39 Å². The molecule has 0 aliphatic carbocycles. The van der Waals surface area contributed by atoms with Gasteiger partial charge >= 0.3 is 0 Å². The minimum absolute atomic E-state index is 0.103. The average molecular weight is 312 g/mol. The molecule has 4 rings (SSSR count). The van der Waals surface area contributed by atoms with Gasteiger partial charge in [0.1, 0.15) is 0 Å². The molecule has 0 radical (unpaired) electrons. The minimum atomic E-state index is -0.103. The van der Waals surface area contributed by atoms with Gasteiger partial charge in [0.2, 0.25) is 0 Å². The Morgan fingerprint density at radius 1 is 0.750 bits per heavy atom. The molecule has 1 heterocycles. The average Bonchev–Trinajstić information content (AvgIpc) is 2.64. The minimum Gasteiger partial charge on any atom is -0.267 e. The Hall–Kier alpha value is -3.20. The Bertz CT molecular complexity index is 1060. The van der Waals surface area contributed by atoms with E-state index >= 15 is 0 Å². The number of hydrogen-bond donors (Lipinski definition) is 0. The Morgan fingerprint density at radius 3 is 2.08 bits per heavy atom. The SMILES string of the molecule is Cc1ccc(-n2nc(-c3ccccc3)c3ccccc3c2=O)cc1. The fraction of sp³-hybridized carbons (Fsp3) is 0.0476. The highest BCUT2D eigenvalue weighted by atomic mass is 16.1. The molecular weight excluding hydrogens is 296 g/mol. The van der Waals surface area contributed by atoms with E-state index in [1.54, 1.807) is 0 Å². The molecule has 0 saturated heterocycles. The van der Waals surface area contributed by atoms with Gasteiger partial charge in [-0.25, -0.2) is 0 Å². The zero-order valence-electron chi connectivity index (χ0n) is 13.3. The van der Waals surface area contributed by atoms with Crippen molar-refractivity contribution in [2.45, 2.75) is 6.92 Å². The summed E-state index contributed by atoms with van der Waals surface area (Å²) >= 11 is 0. The molecule has 4 aromatic rings. The number of fused-ring (bicyclic) bond motifs is 1. The number of aromatic nitrogens is 2. The smallest absolute Gasteiger partial charge is 0.267 e. The van der Waals surface area contributed by atoms with E-state index in [-0.39, 0.29) is 5.56 Å². The van der Waals surface area contributed by atoms with Crippen molar-refractivity contribution in [1.82, 2.24) is 9.78 Å². The van der Waals surface area contributed by atoms with Gasteiger partial charge in [-0.15, -0.1) is 0 Å². The second-order valence-corrected chi connectivity index (χ2v) is 5.81. The van der Waals surface area contributed by atoms with Crippen LogP contribution in [0.3, 0.4) is 0 Å². The first kappa shape index (κ1) is 14.4. The van der Waals surface area contributed by atoms with E-state index < -0.39 is 0 Å². The Labute approximate surface area is 139 Å². The highest BCUT2D eigenvalue weighted by Gasteiger charge is 2.12. The van der Waals surface area contributed by atoms with Gasteiger partial charge in [-0.05, 0) is 25.1 Å². The molecule has 1 aromatic heterocycles. The molecule has 0 atom stereocenters. The lowest BCUT2D eigenvalue weighted by molar-refractivity contribution is 0.826. The van der Waals surface area contributed by atoms with Gasteiger partial charge in [-0.3, -0.25) is 4.79 Å². The van der Waals surface area contributed by atoms with Crippen LogP contribution in [0.15, 0.2) is 83.7 Å². The van der Waals surface area contributed by atoms with Gasteiger partial charge in [-0.1, -0.05) is 66.2 Å². The fourth-order valence-electron chi connectivity index (χ4n) is 2.86. The highest BCUT2D eigenvalue weighted by Crippen LogP contribution is 2.25. The van der Waals surface area contributed by atoms with E-state index in [4.69, 9.17) is 0 Å². The van der Waals surface area contributed by atoms with Gasteiger partial charge < -0.3 is 0 Å². The van der Waals surface area contributed by atoms with E-state index in [2.05, 4.69) is 5.10 Å². The first-order valence-corrected chi connectivity index (χ1v) is 7.88. The Balaban J connectivity index is 2.07. The second kappa shape index (κ2) is 5.78. The Morgan fingerprint density at radius 2 is 1.38 bits per heavy atom. The summed E-state index contributed by atoms with van der Waals surface area (Å²) in [6, 6.07) is 25.4. The predicted molar refractivity (Wildman–Crippen MR) is 97.5 cm³/mol. The number of nitrogens with zero attached hydrogens (tertiary/aromatic N) is 2. The van der Waals surface area contributed by atoms with Crippen molar-refractivity contribution >= 4 is 10.8 Å². The van der Waals surface area contributed by atoms with Crippen molar-refractivity contribution in [2.24, 2.45) is 0 Å². The summed E-state index contributed by atoms with van der Waals surface area (Å²) in [6.07, 6.45) is 0. The monoisotopic (exact) mass is 312 g/mol. The summed E-state index contributed by atoms with van der Waals surface area (Å²) < 4.78 is 1.49. The topological polar surface area (TPSA) is 34.9 Å². The zero-order valence-corrected chi connectivity index (χ0v) is 13.3. The van der Waals surface area contributed by atoms with Gasteiger partial charge in [0.25, 0.3) is 5.56 Å². The molecule has 0 fully saturated rings. The molecule has 24 heavy (non-hydrogen) atoms. The third-order valence-electron chi connectivity index (χ3n) is 4.13. The van der Waals surface area contributed by atoms with Crippen LogP contribution in [0.5, 0.6) is 0 Å². The van der Waals surface area contributed by atoms with Crippen LogP contribution in [0.2, 0.25) is 0 Å². The summed E-state index contributed by atoms with van der Waals surface area (Å²) in [6.45, 7) is 2.02. The normalized spacial score (nSPS) is 10.9. The molecular formula is C21H16N2O. The number of benzene rings is 3. The summed E-state index contributed by atoms with van der Waals surface area (Å²) in [7, 11) is 0. The lowest BCUT2D eigenvalue weighted by Gasteiger charge is -2.11. The van der Waals surface area contributed by atoms with Gasteiger partial charge in [0.15, 0.2) is 0 Å². The second-order valence-electron chi connectivity index (χ2n) is 5.81. The summed E-state index contributed by atoms with van der Waals surface area (Å²) in [4.78, 5) is 12.9. The number of hydrogen-bond acceptors (Lipinski definition) is 2. The Kier molecular flexibility index (Phi) is 3.47. The first-order chi connectivity index (χ1) is 11.7. The van der Waals surface area contributed by atoms with E-state index in [9.17, 15) is 4.79 Å². The van der Waals surface area contributed by atoms with Crippen molar-refractivity contribution in [3.63, 3.8) is 0 Å². The summed E-state index contributed by atoms with van der Waals surface area (Å²) in [5, 5.41) is 6.22. The van der Waals surface area contributed by atoms with E-state index in [0.717, 1.165) is 27.9 Å². The van der Waals surface area contributed by atoms with Crippen LogP contribution in [0.25, 0.3) is 27.7 Å². The maximum atomic E-state index is 12.9. The van der Waals surface area contributed by atoms with E-state index in [1.807, 2.05) is 85.8 Å². The maximum absolute atomic E-state index is 12.9. The summed E-state index contributed by atoms with van der Waals surface area (Å²) in [5.74, 6) is 0. The number of rotatable bonds is 2. The third-order valence-corrected chi connectivity index (χ3v) is 4.13. The van der Waals surface area contributed by atoms with Crippen LogP contribution >= 0.6 is 0 Å². The van der Waals surface area contributed by atoms with Crippen molar-refractivity contribution < 1.29 is 0 Å². The molecule has 0 aliphatic heterocycles. The summed E-state index contributed by atoms with van der Waals surface area (Å²) in [5.41, 5.74) is 3.62. The molecule has 3 aromatic carbocycles. The number of aryl methyl sites for hydroxylation is 1. The molecule has 0 spiro atoms. The molecule has 116 valence electrons. The molecule has 0 unspecified atom stereocenters. The van der Waals surface area contributed by atoms with Crippen molar-refractivity contribution in [2.75, 3.05) is 0 Å². The van der Waals surface area contributed by atoms with Gasteiger partial charge in [0.05, 0.1) is 16.8 Å². The van der Waals surface area contributed by atoms with Gasteiger partial charge in [0, 0.05) is 10.9 Å². The van der Waals surface area contributed by atoms with Gasteiger partial charge in [-0.2, -0.15) is 9.78 Å². The first-order valence-electron chi connectivity index (χ1n) is 7.88. The quantitative estimate of drug-likeness (QED) is 0.551. The molecule has 3 nitrogen and oxygen atoms in total. The molecule has 0 amide bonds. The molecule has 0 N–H and O–H groups in total. The maximum Gasteiger partial charge on any atom is 0.279 e. The molecule has 3 heteroatoms. The standard InChI is InChI=1S/C21H16N2O/c1-15-11-13-17(14-12-15)23-21(24)19-10-6-5-9-18(19)20(22-23)16-7-3-2-4-8-16/h2-14H,1H3. The van der Waals surface area contributed by atoms with E-state index in [1.165, 1.54) is 4.68 Å². The largest absolute Gasteiger partial charge is 0.279 e. The van der Waals surface area contributed by atoms with Crippen LogP contribution in [-0.4, -0.2) is 9.78 Å². The highest BCUT2D eigenvalue weighted by molar-refractivity contribution is 5.93. The van der Waals surface area contributed by atoms with Crippen molar-refractivity contribution in [3.05, 3.63) is 94.8 Å². The van der Waals surface area contributed by atoms with Crippen molar-refractivity contribution in [1.29, 1.82) is 0 Å². The molecule has 0 saturated carbocycles. The molecule has 0 bridgehead atoms. The van der Waals surface area contributed by atoms with Crippen LogP contribution in [0, 0.1) is 6.92 Å². The molecule has 0 aliphatic rings. The lowest BCUT2D eigenvalue weighted by Crippen LogP contribution is -2.22. The van der Waals surface area contributed by atoms with Crippen LogP contribution in [0.1, 0.15) is 5.56 Å². The lowest BCUT2D eigenvalue weighted by atomic mass is 10.1. The van der Waals surface area contributed by atoms with Crippen LogP contribution in [-0.2, 0) is 0 Å². The van der Waals surface area contributed by atoms with Crippen LogP contribution < -0.4 is 5.56 Å². The van der Waals surface area contributed by atoms with Crippen molar-refractivity contribution in [3.8, 4) is 16.9 Å². The van der Waals surface area contributed by atoms with Crippen LogP contribution in [0.4, 0.5) is 0 Å².